The Kier molecular flexibility index (Phi) is 6.14. The zero-order valence-corrected chi connectivity index (χ0v) is 17.1. The van der Waals surface area contributed by atoms with Gasteiger partial charge in [0.05, 0.1) is 17.5 Å². The molecule has 1 atom stereocenters. The zero-order valence-electron chi connectivity index (χ0n) is 17.1. The first kappa shape index (κ1) is 21.1. The van der Waals surface area contributed by atoms with Gasteiger partial charge in [0.15, 0.2) is 17.5 Å². The van der Waals surface area contributed by atoms with Crippen molar-refractivity contribution < 1.29 is 13.9 Å². The summed E-state index contributed by atoms with van der Waals surface area (Å²) in [5.74, 6) is -1.51. The van der Waals surface area contributed by atoms with Crippen LogP contribution in [0.3, 0.4) is 0 Å². The highest BCUT2D eigenvalue weighted by molar-refractivity contribution is 5.63. The molecule has 0 saturated carbocycles. The number of rotatable bonds is 8. The molecule has 3 heterocycles. The van der Waals surface area contributed by atoms with E-state index in [1.165, 1.54) is 6.20 Å². The van der Waals surface area contributed by atoms with Crippen molar-refractivity contribution in [2.75, 3.05) is 18.9 Å². The maximum absolute atomic E-state index is 14.7. The molecule has 6 nitrogen and oxygen atoms in total. The Morgan fingerprint density at radius 1 is 1.24 bits per heavy atom. The minimum atomic E-state index is -1.07. The van der Waals surface area contributed by atoms with Crippen LogP contribution in [0.1, 0.15) is 39.2 Å². The molecule has 3 N–H and O–H groups in total. The summed E-state index contributed by atoms with van der Waals surface area (Å²) < 4.78 is 30.7. The lowest BCUT2D eigenvalue weighted by molar-refractivity contribution is 0.0781. The number of fused-ring (bicyclic) bond motifs is 1. The third-order valence-electron chi connectivity index (χ3n) is 4.81. The van der Waals surface area contributed by atoms with Crippen molar-refractivity contribution in [2.24, 2.45) is 0 Å². The third-order valence-corrected chi connectivity index (χ3v) is 4.81. The number of pyridine rings is 2. The Hall–Kier alpha value is -2.58. The number of likely N-dealkylation sites (N-methyl/N-ethyl adjacent to an activating group) is 1. The standard InChI is InChI=1S/C21H27F2N5O/c1-5-6-14(10-24-4)26-20-16(23)9-15(22)19(27-20)17-11-25-18-8-7-13(12-28(17)18)21(2,3)29/h7-9,11-12,14,24,29H,5-6,10H2,1-4H3,(H,26,27). The number of halogens is 2. The quantitative estimate of drug-likeness (QED) is 0.535. The van der Waals surface area contributed by atoms with Gasteiger partial charge in [-0.15, -0.1) is 0 Å². The fourth-order valence-corrected chi connectivity index (χ4v) is 3.28. The van der Waals surface area contributed by atoms with Gasteiger partial charge in [-0.3, -0.25) is 4.40 Å². The summed E-state index contributed by atoms with van der Waals surface area (Å²) in [6.07, 6.45) is 4.92. The van der Waals surface area contributed by atoms with Crippen molar-refractivity contribution in [3.8, 4) is 11.4 Å². The fraction of sp³-hybridized carbons (Fsp3) is 0.429. The van der Waals surface area contributed by atoms with Crippen molar-refractivity contribution in [3.05, 3.63) is 47.8 Å². The average Bonchev–Trinajstić information content (AvgIpc) is 3.06. The van der Waals surface area contributed by atoms with Crippen LogP contribution in [0.4, 0.5) is 14.6 Å². The van der Waals surface area contributed by atoms with Crippen molar-refractivity contribution in [3.63, 3.8) is 0 Å². The van der Waals surface area contributed by atoms with E-state index in [0.29, 0.717) is 23.4 Å². The van der Waals surface area contributed by atoms with Gasteiger partial charge < -0.3 is 15.7 Å². The van der Waals surface area contributed by atoms with Crippen molar-refractivity contribution in [1.29, 1.82) is 0 Å². The summed E-state index contributed by atoms with van der Waals surface area (Å²) in [5, 5.41) is 16.4. The SMILES string of the molecule is CCCC(CNC)Nc1nc(-c2cnc3ccc(C(C)(C)O)cn23)c(F)cc1F. The Balaban J connectivity index is 2.07. The third kappa shape index (κ3) is 4.54. The molecule has 0 fully saturated rings. The van der Waals surface area contributed by atoms with Gasteiger partial charge in [0.25, 0.3) is 0 Å². The fourth-order valence-electron chi connectivity index (χ4n) is 3.28. The molecule has 29 heavy (non-hydrogen) atoms. The molecule has 0 amide bonds. The van der Waals surface area contributed by atoms with Gasteiger partial charge in [-0.2, -0.15) is 0 Å². The highest BCUT2D eigenvalue weighted by atomic mass is 19.1. The minimum absolute atomic E-state index is 0.00342. The van der Waals surface area contributed by atoms with E-state index >= 15 is 0 Å². The van der Waals surface area contributed by atoms with Crippen LogP contribution >= 0.6 is 0 Å². The molecule has 0 saturated heterocycles. The van der Waals surface area contributed by atoms with Crippen molar-refractivity contribution in [2.45, 2.75) is 45.3 Å². The monoisotopic (exact) mass is 403 g/mol. The van der Waals surface area contributed by atoms with E-state index in [0.717, 1.165) is 18.9 Å². The molecule has 0 aliphatic heterocycles. The Labute approximate surface area is 169 Å². The highest BCUT2D eigenvalue weighted by Crippen LogP contribution is 2.28. The largest absolute Gasteiger partial charge is 0.386 e. The van der Waals surface area contributed by atoms with E-state index in [1.54, 1.807) is 36.6 Å². The maximum atomic E-state index is 14.7. The highest BCUT2D eigenvalue weighted by Gasteiger charge is 2.21. The van der Waals surface area contributed by atoms with Crippen LogP contribution in [0.2, 0.25) is 0 Å². The van der Waals surface area contributed by atoms with Gasteiger partial charge in [-0.25, -0.2) is 18.7 Å². The lowest BCUT2D eigenvalue weighted by Crippen LogP contribution is -2.31. The Bertz CT molecular complexity index is 991. The number of hydrogen-bond acceptors (Lipinski definition) is 5. The summed E-state index contributed by atoms with van der Waals surface area (Å²) in [5.41, 5.74) is 0.521. The van der Waals surface area contributed by atoms with Gasteiger partial charge in [-0.05, 0) is 38.9 Å². The van der Waals surface area contributed by atoms with Gasteiger partial charge in [0.2, 0.25) is 0 Å². The molecule has 0 radical (unpaired) electrons. The van der Waals surface area contributed by atoms with Gasteiger partial charge in [0.1, 0.15) is 11.3 Å². The van der Waals surface area contributed by atoms with Crippen LogP contribution in [-0.2, 0) is 5.60 Å². The lowest BCUT2D eigenvalue weighted by atomic mass is 10.0. The first-order chi connectivity index (χ1) is 13.7. The topological polar surface area (TPSA) is 74.5 Å². The molecular weight excluding hydrogens is 376 g/mol. The predicted octanol–water partition coefficient (Wildman–Crippen LogP) is 3.70. The molecule has 0 aliphatic carbocycles. The van der Waals surface area contributed by atoms with E-state index in [1.807, 2.05) is 14.0 Å². The number of aliphatic hydroxyl groups is 1. The van der Waals surface area contributed by atoms with Crippen LogP contribution in [0.15, 0.2) is 30.6 Å². The number of hydrogen-bond donors (Lipinski definition) is 3. The minimum Gasteiger partial charge on any atom is -0.386 e. The second kappa shape index (κ2) is 8.42. The summed E-state index contributed by atoms with van der Waals surface area (Å²) in [4.78, 5) is 8.53. The van der Waals surface area contributed by atoms with Crippen molar-refractivity contribution >= 4 is 11.5 Å². The summed E-state index contributed by atoms with van der Waals surface area (Å²) in [6.45, 7) is 6.01. The molecule has 0 aliphatic rings. The number of anilines is 1. The summed E-state index contributed by atoms with van der Waals surface area (Å²) >= 11 is 0. The van der Waals surface area contributed by atoms with E-state index < -0.39 is 17.2 Å². The van der Waals surface area contributed by atoms with Gasteiger partial charge in [0, 0.05) is 24.8 Å². The van der Waals surface area contributed by atoms with Crippen LogP contribution < -0.4 is 10.6 Å². The van der Waals surface area contributed by atoms with Crippen molar-refractivity contribution in [1.82, 2.24) is 19.7 Å². The summed E-state index contributed by atoms with van der Waals surface area (Å²) in [7, 11) is 1.82. The van der Waals surface area contributed by atoms with Crippen LogP contribution in [-0.4, -0.2) is 39.1 Å². The Morgan fingerprint density at radius 2 is 2.00 bits per heavy atom. The van der Waals surface area contributed by atoms with Gasteiger partial charge in [-0.1, -0.05) is 19.4 Å². The van der Waals surface area contributed by atoms with E-state index in [-0.39, 0.29) is 17.6 Å². The molecule has 0 aromatic carbocycles. The molecule has 0 spiro atoms. The number of nitrogens with zero attached hydrogens (tertiary/aromatic N) is 3. The molecule has 0 bridgehead atoms. The summed E-state index contributed by atoms with van der Waals surface area (Å²) in [6, 6.07) is 4.31. The van der Waals surface area contributed by atoms with E-state index in [4.69, 9.17) is 0 Å². The average molecular weight is 403 g/mol. The predicted molar refractivity (Wildman–Crippen MR) is 110 cm³/mol. The number of imidazole rings is 1. The van der Waals surface area contributed by atoms with Crippen LogP contribution in [0.5, 0.6) is 0 Å². The molecule has 3 aromatic heterocycles. The molecule has 3 aromatic rings. The molecule has 1 unspecified atom stereocenters. The zero-order chi connectivity index (χ0) is 21.2. The van der Waals surface area contributed by atoms with Crippen LogP contribution in [0.25, 0.3) is 17.0 Å². The Morgan fingerprint density at radius 3 is 2.66 bits per heavy atom. The van der Waals surface area contributed by atoms with Gasteiger partial charge >= 0.3 is 0 Å². The lowest BCUT2D eigenvalue weighted by Gasteiger charge is -2.20. The molecule has 3 rings (SSSR count). The molecule has 8 heteroatoms. The number of aromatic nitrogens is 3. The second-order valence-corrected chi connectivity index (χ2v) is 7.69. The number of nitrogens with one attached hydrogen (secondary N) is 2. The first-order valence-electron chi connectivity index (χ1n) is 9.72. The smallest absolute Gasteiger partial charge is 0.168 e. The normalized spacial score (nSPS) is 13.1. The van der Waals surface area contributed by atoms with E-state index in [9.17, 15) is 13.9 Å². The molecular formula is C21H27F2N5O. The maximum Gasteiger partial charge on any atom is 0.168 e. The van der Waals surface area contributed by atoms with E-state index in [2.05, 4.69) is 20.6 Å². The second-order valence-electron chi connectivity index (χ2n) is 7.69. The first-order valence-corrected chi connectivity index (χ1v) is 9.72. The molecule has 156 valence electrons. The van der Waals surface area contributed by atoms with Crippen LogP contribution in [0, 0.1) is 11.6 Å².